The molecule has 0 saturated heterocycles. The van der Waals surface area contributed by atoms with Crippen molar-refractivity contribution in [3.63, 3.8) is 0 Å². The third-order valence-electron chi connectivity index (χ3n) is 5.68. The van der Waals surface area contributed by atoms with E-state index >= 15 is 0 Å². The van der Waals surface area contributed by atoms with Crippen molar-refractivity contribution in [2.24, 2.45) is 0 Å². The zero-order chi connectivity index (χ0) is 24.9. The summed E-state index contributed by atoms with van der Waals surface area (Å²) in [7, 11) is -0.865. The maximum absolute atomic E-state index is 13.5. The topological polar surface area (TPSA) is 84.9 Å². The minimum absolute atomic E-state index is 0.114. The molecule has 3 aromatic rings. The Morgan fingerprint density at radius 3 is 2.26 bits per heavy atom. The molecule has 1 N–H and O–H groups in total. The molecule has 8 heteroatoms. The quantitative estimate of drug-likeness (QED) is 0.489. The number of amides is 1. The normalized spacial score (nSPS) is 12.0. The Labute approximate surface area is 201 Å². The van der Waals surface area contributed by atoms with Crippen molar-refractivity contribution < 1.29 is 22.7 Å². The summed E-state index contributed by atoms with van der Waals surface area (Å²) in [5, 5.41) is 2.89. The van der Waals surface area contributed by atoms with E-state index in [9.17, 15) is 13.2 Å². The van der Waals surface area contributed by atoms with E-state index < -0.39 is 22.0 Å². The fourth-order valence-electron chi connectivity index (χ4n) is 3.59. The van der Waals surface area contributed by atoms with Crippen LogP contribution in [0.15, 0.2) is 71.6 Å². The summed E-state index contributed by atoms with van der Waals surface area (Å²) in [6.07, 6.45) is 0. The molecule has 3 rings (SSSR count). The van der Waals surface area contributed by atoms with Crippen molar-refractivity contribution in [2.45, 2.75) is 31.7 Å². The van der Waals surface area contributed by atoms with Gasteiger partial charge in [0.25, 0.3) is 10.0 Å². The van der Waals surface area contributed by atoms with Gasteiger partial charge in [0.15, 0.2) is 0 Å². The molecule has 0 aliphatic rings. The van der Waals surface area contributed by atoms with Gasteiger partial charge in [0.05, 0.1) is 30.8 Å². The molecular weight excluding hydrogens is 452 g/mol. The number of nitrogens with zero attached hydrogens (tertiary/aromatic N) is 1. The number of nitrogens with one attached hydrogen (secondary N) is 1. The summed E-state index contributed by atoms with van der Waals surface area (Å²) in [5.74, 6) is 0.770. The summed E-state index contributed by atoms with van der Waals surface area (Å²) in [6.45, 7) is 5.28. The zero-order valence-electron chi connectivity index (χ0n) is 20.0. The van der Waals surface area contributed by atoms with Gasteiger partial charge in [0, 0.05) is 5.56 Å². The van der Waals surface area contributed by atoms with Gasteiger partial charge in [-0.25, -0.2) is 8.42 Å². The number of ether oxygens (including phenoxy) is 2. The molecule has 0 aliphatic carbocycles. The van der Waals surface area contributed by atoms with E-state index in [4.69, 9.17) is 9.47 Å². The third kappa shape index (κ3) is 5.51. The van der Waals surface area contributed by atoms with Crippen molar-refractivity contribution >= 4 is 21.6 Å². The summed E-state index contributed by atoms with van der Waals surface area (Å²) in [4.78, 5) is 13.2. The van der Waals surface area contributed by atoms with Crippen molar-refractivity contribution in [3.05, 3.63) is 83.4 Å². The average molecular weight is 483 g/mol. The first-order valence-corrected chi connectivity index (χ1v) is 12.3. The molecule has 0 bridgehead atoms. The second kappa shape index (κ2) is 10.6. The van der Waals surface area contributed by atoms with Crippen LogP contribution in [-0.2, 0) is 14.8 Å². The number of benzene rings is 3. The number of hydrogen-bond donors (Lipinski definition) is 1. The van der Waals surface area contributed by atoms with Crippen molar-refractivity contribution in [1.29, 1.82) is 0 Å². The number of carbonyl (C=O) groups is 1. The monoisotopic (exact) mass is 482 g/mol. The van der Waals surface area contributed by atoms with Crippen molar-refractivity contribution in [2.75, 3.05) is 25.1 Å². The predicted molar refractivity (Wildman–Crippen MR) is 133 cm³/mol. The molecule has 0 heterocycles. The second-order valence-corrected chi connectivity index (χ2v) is 9.85. The van der Waals surface area contributed by atoms with E-state index in [2.05, 4.69) is 5.32 Å². The fourth-order valence-corrected chi connectivity index (χ4v) is 5.02. The highest BCUT2D eigenvalue weighted by molar-refractivity contribution is 7.92. The van der Waals surface area contributed by atoms with Crippen LogP contribution in [-0.4, -0.2) is 35.1 Å². The van der Waals surface area contributed by atoms with Gasteiger partial charge >= 0.3 is 0 Å². The summed E-state index contributed by atoms with van der Waals surface area (Å²) >= 11 is 0. The SMILES string of the molecule is COc1ccc(OC)c([C@@H](C)NC(=O)CN(c2ccc(C)c(C)c2)S(=O)(=O)c2ccccc2)c1. The Balaban J connectivity index is 1.92. The maximum Gasteiger partial charge on any atom is 0.264 e. The van der Waals surface area contributed by atoms with Crippen molar-refractivity contribution in [3.8, 4) is 11.5 Å². The lowest BCUT2D eigenvalue weighted by Gasteiger charge is -2.26. The van der Waals surface area contributed by atoms with Crippen LogP contribution in [0.3, 0.4) is 0 Å². The van der Waals surface area contributed by atoms with Gasteiger partial charge in [-0.3, -0.25) is 9.10 Å². The Morgan fingerprint density at radius 1 is 0.941 bits per heavy atom. The average Bonchev–Trinajstić information content (AvgIpc) is 2.84. The minimum atomic E-state index is -3.97. The lowest BCUT2D eigenvalue weighted by atomic mass is 10.1. The Kier molecular flexibility index (Phi) is 7.83. The van der Waals surface area contributed by atoms with Gasteiger partial charge < -0.3 is 14.8 Å². The van der Waals surface area contributed by atoms with E-state index in [1.165, 1.54) is 12.1 Å². The molecule has 0 unspecified atom stereocenters. The molecule has 0 aliphatic heterocycles. The minimum Gasteiger partial charge on any atom is -0.497 e. The highest BCUT2D eigenvalue weighted by Gasteiger charge is 2.28. The van der Waals surface area contributed by atoms with E-state index in [0.717, 1.165) is 21.0 Å². The van der Waals surface area contributed by atoms with Crippen LogP contribution in [0.1, 0.15) is 29.7 Å². The standard InChI is InChI=1S/C26H30N2O5S/c1-18-11-12-21(15-19(18)2)28(34(30,31)23-9-7-6-8-10-23)17-26(29)27-20(3)24-16-22(32-4)13-14-25(24)33-5/h6-16,20H,17H2,1-5H3,(H,27,29)/t20-/m1/s1. The van der Waals surface area contributed by atoms with Gasteiger partial charge in [-0.1, -0.05) is 24.3 Å². The first-order chi connectivity index (χ1) is 16.2. The van der Waals surface area contributed by atoms with Crippen LogP contribution >= 0.6 is 0 Å². The third-order valence-corrected chi connectivity index (χ3v) is 7.47. The molecule has 1 atom stereocenters. The second-order valence-electron chi connectivity index (χ2n) is 7.99. The summed E-state index contributed by atoms with van der Waals surface area (Å²) in [5.41, 5.74) is 3.11. The molecule has 0 saturated carbocycles. The molecular formula is C26H30N2O5S. The highest BCUT2D eigenvalue weighted by atomic mass is 32.2. The van der Waals surface area contributed by atoms with E-state index in [1.54, 1.807) is 69.7 Å². The van der Waals surface area contributed by atoms with Crippen LogP contribution in [0.25, 0.3) is 0 Å². The number of aryl methyl sites for hydroxylation is 2. The highest BCUT2D eigenvalue weighted by Crippen LogP contribution is 2.30. The largest absolute Gasteiger partial charge is 0.497 e. The molecule has 1 amide bonds. The molecule has 34 heavy (non-hydrogen) atoms. The Bertz CT molecular complexity index is 1260. The first kappa shape index (κ1) is 25.1. The van der Waals surface area contributed by atoms with Gasteiger partial charge in [-0.15, -0.1) is 0 Å². The Morgan fingerprint density at radius 2 is 1.65 bits per heavy atom. The lowest BCUT2D eigenvalue weighted by Crippen LogP contribution is -2.41. The molecule has 0 aromatic heterocycles. The lowest BCUT2D eigenvalue weighted by molar-refractivity contribution is -0.120. The van der Waals surface area contributed by atoms with E-state index in [-0.39, 0.29) is 11.4 Å². The molecule has 180 valence electrons. The predicted octanol–water partition coefficient (Wildman–Crippen LogP) is 4.39. The maximum atomic E-state index is 13.5. The number of anilines is 1. The first-order valence-electron chi connectivity index (χ1n) is 10.8. The number of carbonyl (C=O) groups excluding carboxylic acids is 1. The summed E-state index contributed by atoms with van der Waals surface area (Å²) < 4.78 is 38.9. The zero-order valence-corrected chi connectivity index (χ0v) is 20.8. The fraction of sp³-hybridized carbons (Fsp3) is 0.269. The molecule has 0 spiro atoms. The van der Waals surface area contributed by atoms with Crippen LogP contribution in [0, 0.1) is 13.8 Å². The van der Waals surface area contributed by atoms with Crippen molar-refractivity contribution in [1.82, 2.24) is 5.32 Å². The van der Waals surface area contributed by atoms with Crippen LogP contribution < -0.4 is 19.1 Å². The molecule has 0 fully saturated rings. The molecule has 7 nitrogen and oxygen atoms in total. The van der Waals surface area contributed by atoms with Gasteiger partial charge in [0.2, 0.25) is 5.91 Å². The van der Waals surface area contributed by atoms with Gasteiger partial charge in [-0.2, -0.15) is 0 Å². The number of methoxy groups -OCH3 is 2. The number of rotatable bonds is 9. The summed E-state index contributed by atoms with van der Waals surface area (Å²) in [6, 6.07) is 18.3. The Hall–Kier alpha value is -3.52. The molecule has 3 aromatic carbocycles. The van der Waals surface area contributed by atoms with Crippen LogP contribution in [0.5, 0.6) is 11.5 Å². The number of hydrogen-bond acceptors (Lipinski definition) is 5. The van der Waals surface area contributed by atoms with Crippen LogP contribution in [0.4, 0.5) is 5.69 Å². The van der Waals surface area contributed by atoms with Crippen LogP contribution in [0.2, 0.25) is 0 Å². The van der Waals surface area contributed by atoms with Gasteiger partial charge in [0.1, 0.15) is 18.0 Å². The van der Waals surface area contributed by atoms with Gasteiger partial charge in [-0.05, 0) is 74.4 Å². The van der Waals surface area contributed by atoms with E-state index in [1.807, 2.05) is 19.9 Å². The number of sulfonamides is 1. The van der Waals surface area contributed by atoms with E-state index in [0.29, 0.717) is 17.2 Å². The smallest absolute Gasteiger partial charge is 0.264 e. The molecule has 0 radical (unpaired) electrons.